The van der Waals surface area contributed by atoms with Gasteiger partial charge in [0, 0.05) is 17.4 Å². The van der Waals surface area contributed by atoms with Crippen LogP contribution in [0, 0.1) is 11.8 Å². The Morgan fingerprint density at radius 2 is 1.45 bits per heavy atom. The zero-order chi connectivity index (χ0) is 35.6. The smallest absolute Gasteiger partial charge is 0.338 e. The number of hydrogen-bond acceptors (Lipinski definition) is 15. The van der Waals surface area contributed by atoms with Crippen molar-refractivity contribution in [1.82, 2.24) is 0 Å². The zero-order valence-electron chi connectivity index (χ0n) is 27.2. The van der Waals surface area contributed by atoms with Crippen molar-refractivity contribution in [2.24, 2.45) is 11.8 Å². The molecule has 0 amide bonds. The topological polar surface area (TPSA) is 223 Å². The standard InChI is InChI=1S/C34H40O15/c1-43-23-10-17(11-24(44-2)29(23)39)26-19(13-48-34-31(41)28(38)22(37)14-49-34)18(12-47-33(42)15-5-6-20(35)21(36)8-15)7-16-9-25(45-3)30(40)32(46-4)27(16)26/h5-6,8-11,18-19,22,26,28,31,34-41H,7,12-14H2,1-4H3/t18-,19-,22-,26+,28+,31-,34-/m1/s1. The number of aliphatic hydroxyl groups excluding tert-OH is 3. The molecule has 1 aliphatic carbocycles. The molecule has 266 valence electrons. The molecule has 3 aromatic rings. The number of carbonyl (C=O) groups excluding carboxylic acids is 1. The Morgan fingerprint density at radius 3 is 2.06 bits per heavy atom. The van der Waals surface area contributed by atoms with Gasteiger partial charge in [0.15, 0.2) is 40.8 Å². The molecule has 49 heavy (non-hydrogen) atoms. The molecule has 0 saturated carbocycles. The van der Waals surface area contributed by atoms with Crippen LogP contribution in [0.15, 0.2) is 36.4 Å². The summed E-state index contributed by atoms with van der Waals surface area (Å²) < 4.78 is 39.4. The molecule has 1 fully saturated rings. The van der Waals surface area contributed by atoms with Crippen molar-refractivity contribution < 1.29 is 73.7 Å². The summed E-state index contributed by atoms with van der Waals surface area (Å²) in [5.41, 5.74) is 1.69. The average molecular weight is 689 g/mol. The van der Waals surface area contributed by atoms with Crippen molar-refractivity contribution in [1.29, 1.82) is 0 Å². The molecule has 0 aromatic heterocycles. The number of fused-ring (bicyclic) bond motifs is 1. The highest BCUT2D eigenvalue weighted by molar-refractivity contribution is 5.90. The molecule has 0 unspecified atom stereocenters. The Morgan fingerprint density at radius 1 is 0.796 bits per heavy atom. The molecule has 7 N–H and O–H groups in total. The van der Waals surface area contributed by atoms with Gasteiger partial charge in [0.05, 0.1) is 53.8 Å². The number of rotatable bonds is 11. The van der Waals surface area contributed by atoms with Crippen molar-refractivity contribution in [3.63, 3.8) is 0 Å². The number of methoxy groups -OCH3 is 4. The van der Waals surface area contributed by atoms with E-state index in [2.05, 4.69) is 0 Å². The molecule has 5 rings (SSSR count). The van der Waals surface area contributed by atoms with E-state index in [4.69, 9.17) is 33.2 Å². The Labute approximate surface area is 281 Å². The number of phenolic OH excluding ortho intramolecular Hbond substituents is 4. The monoisotopic (exact) mass is 688 g/mol. The lowest BCUT2D eigenvalue weighted by Gasteiger charge is -2.42. The van der Waals surface area contributed by atoms with Gasteiger partial charge in [0.2, 0.25) is 11.5 Å². The summed E-state index contributed by atoms with van der Waals surface area (Å²) in [5.74, 6) is -3.79. The first kappa shape index (κ1) is 35.6. The molecule has 1 saturated heterocycles. The third-order valence-corrected chi connectivity index (χ3v) is 9.00. The van der Waals surface area contributed by atoms with Gasteiger partial charge >= 0.3 is 5.97 Å². The van der Waals surface area contributed by atoms with Crippen LogP contribution in [0.25, 0.3) is 0 Å². The Hall–Kier alpha value is -4.67. The first-order valence-corrected chi connectivity index (χ1v) is 15.3. The highest BCUT2D eigenvalue weighted by atomic mass is 16.7. The third-order valence-electron chi connectivity index (χ3n) is 9.00. The summed E-state index contributed by atoms with van der Waals surface area (Å²) in [6.45, 7) is -0.676. The van der Waals surface area contributed by atoms with Crippen molar-refractivity contribution in [3.8, 4) is 46.0 Å². The molecule has 0 spiro atoms. The van der Waals surface area contributed by atoms with Crippen LogP contribution in [0.5, 0.6) is 46.0 Å². The average Bonchev–Trinajstić information content (AvgIpc) is 3.10. The summed E-state index contributed by atoms with van der Waals surface area (Å²) in [5, 5.41) is 72.4. The summed E-state index contributed by atoms with van der Waals surface area (Å²) in [4.78, 5) is 13.1. The van der Waals surface area contributed by atoms with Crippen molar-refractivity contribution in [2.45, 2.75) is 36.9 Å². The fourth-order valence-electron chi connectivity index (χ4n) is 6.45. The van der Waals surface area contributed by atoms with Gasteiger partial charge in [0.1, 0.15) is 18.3 Å². The number of aliphatic hydroxyl groups is 3. The van der Waals surface area contributed by atoms with Gasteiger partial charge in [-0.15, -0.1) is 0 Å². The van der Waals surface area contributed by atoms with E-state index in [9.17, 15) is 40.5 Å². The molecule has 15 nitrogen and oxygen atoms in total. The minimum Gasteiger partial charge on any atom is -0.504 e. The minimum atomic E-state index is -1.59. The lowest BCUT2D eigenvalue weighted by atomic mass is 9.66. The predicted molar refractivity (Wildman–Crippen MR) is 169 cm³/mol. The van der Waals surface area contributed by atoms with E-state index in [1.54, 1.807) is 18.2 Å². The molecule has 0 bridgehead atoms. The van der Waals surface area contributed by atoms with E-state index in [1.165, 1.54) is 34.5 Å². The van der Waals surface area contributed by atoms with Crippen LogP contribution in [0.1, 0.15) is 33.0 Å². The number of phenols is 4. The Balaban J connectivity index is 1.63. The summed E-state index contributed by atoms with van der Waals surface area (Å²) >= 11 is 0. The number of aromatic hydroxyl groups is 4. The van der Waals surface area contributed by atoms with E-state index < -0.39 is 59.8 Å². The van der Waals surface area contributed by atoms with Crippen LogP contribution in [0.2, 0.25) is 0 Å². The number of ether oxygens (including phenoxy) is 7. The van der Waals surface area contributed by atoms with Crippen molar-refractivity contribution in [3.05, 3.63) is 58.7 Å². The van der Waals surface area contributed by atoms with Crippen LogP contribution in [-0.2, 0) is 20.6 Å². The van der Waals surface area contributed by atoms with Gasteiger partial charge in [-0.2, -0.15) is 0 Å². The summed E-state index contributed by atoms with van der Waals surface area (Å²) in [6, 6.07) is 8.34. The summed E-state index contributed by atoms with van der Waals surface area (Å²) in [6.07, 6.45) is -5.54. The summed E-state index contributed by atoms with van der Waals surface area (Å²) in [7, 11) is 5.52. The van der Waals surface area contributed by atoms with E-state index in [0.717, 1.165) is 12.1 Å². The normalized spacial score (nSPS) is 24.8. The van der Waals surface area contributed by atoms with E-state index in [1.807, 2.05) is 0 Å². The fourth-order valence-corrected chi connectivity index (χ4v) is 6.45. The van der Waals surface area contributed by atoms with Crippen LogP contribution in [0.3, 0.4) is 0 Å². The van der Waals surface area contributed by atoms with E-state index in [0.29, 0.717) is 16.7 Å². The van der Waals surface area contributed by atoms with Gasteiger partial charge in [0.25, 0.3) is 0 Å². The Bertz CT molecular complexity index is 1630. The first-order chi connectivity index (χ1) is 23.4. The lowest BCUT2D eigenvalue weighted by molar-refractivity contribution is -0.274. The second-order valence-electron chi connectivity index (χ2n) is 11.8. The molecule has 3 aromatic carbocycles. The molecule has 0 radical (unpaired) electrons. The zero-order valence-corrected chi connectivity index (χ0v) is 27.2. The Kier molecular flexibility index (Phi) is 10.8. The van der Waals surface area contributed by atoms with Crippen LogP contribution in [-0.4, -0.2) is 115 Å². The predicted octanol–water partition coefficient (Wildman–Crippen LogP) is 1.78. The van der Waals surface area contributed by atoms with Crippen LogP contribution < -0.4 is 18.9 Å². The highest BCUT2D eigenvalue weighted by Crippen LogP contribution is 2.54. The fraction of sp³-hybridized carbons (Fsp3) is 0.441. The third kappa shape index (κ3) is 6.93. The maximum Gasteiger partial charge on any atom is 0.338 e. The maximum absolute atomic E-state index is 13.1. The first-order valence-electron chi connectivity index (χ1n) is 15.3. The molecule has 2 aliphatic rings. The lowest BCUT2D eigenvalue weighted by Crippen LogP contribution is -2.54. The molecular weight excluding hydrogens is 648 g/mol. The van der Waals surface area contributed by atoms with Crippen molar-refractivity contribution >= 4 is 5.97 Å². The largest absolute Gasteiger partial charge is 0.504 e. The quantitative estimate of drug-likeness (QED) is 0.113. The van der Waals surface area contributed by atoms with E-state index in [-0.39, 0.29) is 66.3 Å². The van der Waals surface area contributed by atoms with Crippen LogP contribution >= 0.6 is 0 Å². The SMILES string of the molecule is COc1cc([C@@H]2c3c(cc(OC)c(O)c3OC)C[C@H](COC(=O)c3ccc(O)c(O)c3)[C@H]2CO[C@@H]2OC[C@@H](O)[C@H](O)[C@H]2O)cc(OC)c1O. The highest BCUT2D eigenvalue weighted by Gasteiger charge is 2.45. The maximum atomic E-state index is 13.1. The molecule has 1 heterocycles. The number of carbonyl (C=O) groups is 1. The molecular formula is C34H40O15. The minimum absolute atomic E-state index is 0.0107. The van der Waals surface area contributed by atoms with Gasteiger partial charge < -0.3 is 68.9 Å². The molecule has 7 atom stereocenters. The van der Waals surface area contributed by atoms with Gasteiger partial charge in [-0.05, 0) is 59.9 Å². The van der Waals surface area contributed by atoms with E-state index >= 15 is 0 Å². The number of hydrogen-bond donors (Lipinski definition) is 7. The van der Waals surface area contributed by atoms with Gasteiger partial charge in [-0.3, -0.25) is 0 Å². The number of esters is 1. The molecule has 15 heteroatoms. The second-order valence-corrected chi connectivity index (χ2v) is 11.8. The number of benzene rings is 3. The second kappa shape index (κ2) is 14.8. The molecule has 1 aliphatic heterocycles. The van der Waals surface area contributed by atoms with Gasteiger partial charge in [-0.1, -0.05) is 0 Å². The van der Waals surface area contributed by atoms with Gasteiger partial charge in [-0.25, -0.2) is 4.79 Å². The van der Waals surface area contributed by atoms with Crippen molar-refractivity contribution in [2.75, 3.05) is 48.3 Å². The van der Waals surface area contributed by atoms with Crippen LogP contribution in [0.4, 0.5) is 0 Å².